The first-order valence-electron chi connectivity index (χ1n) is 5.67. The molecule has 0 amide bonds. The second-order valence-electron chi connectivity index (χ2n) is 4.42. The zero-order chi connectivity index (χ0) is 12.2. The van der Waals surface area contributed by atoms with Crippen LogP contribution in [0, 0.1) is 23.2 Å². The lowest BCUT2D eigenvalue weighted by Crippen LogP contribution is -2.38. The van der Waals surface area contributed by atoms with Crippen LogP contribution in [0.25, 0.3) is 0 Å². The summed E-state index contributed by atoms with van der Waals surface area (Å²) in [6, 6.07) is 1.42. The molecule has 2 atom stereocenters. The van der Waals surface area contributed by atoms with E-state index in [9.17, 15) is 13.2 Å². The fourth-order valence-corrected chi connectivity index (χ4v) is 1.67. The lowest BCUT2D eigenvalue weighted by atomic mass is 10.1. The summed E-state index contributed by atoms with van der Waals surface area (Å²) in [7, 11) is 0. The second kappa shape index (κ2) is 5.53. The van der Waals surface area contributed by atoms with Crippen molar-refractivity contribution >= 4 is 0 Å². The van der Waals surface area contributed by atoms with Gasteiger partial charge in [-0.25, -0.2) is 0 Å². The van der Waals surface area contributed by atoms with E-state index in [1.807, 2.05) is 6.92 Å². The van der Waals surface area contributed by atoms with Gasteiger partial charge in [-0.05, 0) is 18.8 Å². The third-order valence-electron chi connectivity index (χ3n) is 2.97. The lowest BCUT2D eigenvalue weighted by molar-refractivity contribution is -0.158. The molecule has 0 aromatic rings. The smallest absolute Gasteiger partial charge is 0.312 e. The molecule has 0 aromatic heterocycles. The third kappa shape index (κ3) is 4.40. The second-order valence-corrected chi connectivity index (χ2v) is 4.42. The van der Waals surface area contributed by atoms with Gasteiger partial charge < -0.3 is 5.32 Å². The monoisotopic (exact) mass is 234 g/mol. The van der Waals surface area contributed by atoms with Crippen molar-refractivity contribution < 1.29 is 13.2 Å². The standard InChI is InChI=1S/C11H17F3N2/c1-2-10(5-8-3-4-8)16-7-9(6-15)11(12,13)14/h8-10,16H,2-5,7H2,1H3. The molecule has 0 saturated heterocycles. The maximum absolute atomic E-state index is 12.3. The molecule has 0 heterocycles. The number of nitriles is 1. The molecule has 92 valence electrons. The Morgan fingerprint density at radius 3 is 2.44 bits per heavy atom. The van der Waals surface area contributed by atoms with Gasteiger partial charge >= 0.3 is 6.18 Å². The Balaban J connectivity index is 2.32. The van der Waals surface area contributed by atoms with Crippen molar-refractivity contribution in [3.8, 4) is 6.07 Å². The van der Waals surface area contributed by atoms with Gasteiger partial charge in [-0.1, -0.05) is 19.8 Å². The van der Waals surface area contributed by atoms with Gasteiger partial charge in [0, 0.05) is 12.6 Å². The fraction of sp³-hybridized carbons (Fsp3) is 0.909. The van der Waals surface area contributed by atoms with Crippen LogP contribution in [0.3, 0.4) is 0 Å². The van der Waals surface area contributed by atoms with Crippen LogP contribution >= 0.6 is 0 Å². The molecule has 0 radical (unpaired) electrons. The van der Waals surface area contributed by atoms with E-state index in [4.69, 9.17) is 5.26 Å². The number of hydrogen-bond acceptors (Lipinski definition) is 2. The molecular weight excluding hydrogens is 217 g/mol. The van der Waals surface area contributed by atoms with E-state index in [-0.39, 0.29) is 12.6 Å². The predicted molar refractivity (Wildman–Crippen MR) is 54.6 cm³/mol. The first kappa shape index (κ1) is 13.3. The van der Waals surface area contributed by atoms with Crippen molar-refractivity contribution in [3.05, 3.63) is 0 Å². The molecular formula is C11H17F3N2. The summed E-state index contributed by atoms with van der Waals surface area (Å²) in [5.74, 6) is -1.20. The molecule has 2 unspecified atom stereocenters. The molecule has 0 aromatic carbocycles. The molecule has 1 aliphatic carbocycles. The Labute approximate surface area is 93.8 Å². The first-order valence-corrected chi connectivity index (χ1v) is 5.67. The molecule has 2 nitrogen and oxygen atoms in total. The van der Waals surface area contributed by atoms with Gasteiger partial charge in [0.25, 0.3) is 0 Å². The van der Waals surface area contributed by atoms with Crippen LogP contribution in [0.15, 0.2) is 0 Å². The minimum atomic E-state index is -4.42. The maximum Gasteiger partial charge on any atom is 0.405 e. The molecule has 1 saturated carbocycles. The highest BCUT2D eigenvalue weighted by atomic mass is 19.4. The lowest BCUT2D eigenvalue weighted by Gasteiger charge is -2.20. The molecule has 0 aliphatic heterocycles. The van der Waals surface area contributed by atoms with Gasteiger partial charge in [0.15, 0.2) is 5.92 Å². The van der Waals surface area contributed by atoms with Crippen molar-refractivity contribution in [2.24, 2.45) is 11.8 Å². The van der Waals surface area contributed by atoms with Crippen molar-refractivity contribution in [2.75, 3.05) is 6.54 Å². The largest absolute Gasteiger partial charge is 0.405 e. The van der Waals surface area contributed by atoms with E-state index in [0.29, 0.717) is 5.92 Å². The average molecular weight is 234 g/mol. The summed E-state index contributed by atoms with van der Waals surface area (Å²) in [5, 5.41) is 11.3. The van der Waals surface area contributed by atoms with Gasteiger partial charge in [0.1, 0.15) is 0 Å². The quantitative estimate of drug-likeness (QED) is 0.767. The molecule has 5 heteroatoms. The predicted octanol–water partition coefficient (Wildman–Crippen LogP) is 2.86. The van der Waals surface area contributed by atoms with E-state index in [1.165, 1.54) is 18.9 Å². The number of rotatable bonds is 6. The van der Waals surface area contributed by atoms with E-state index < -0.39 is 12.1 Å². The maximum atomic E-state index is 12.3. The number of nitrogens with one attached hydrogen (secondary N) is 1. The average Bonchev–Trinajstić information content (AvgIpc) is 2.98. The highest BCUT2D eigenvalue weighted by Gasteiger charge is 2.40. The molecule has 1 aliphatic rings. The van der Waals surface area contributed by atoms with E-state index in [1.54, 1.807) is 0 Å². The minimum Gasteiger partial charge on any atom is -0.312 e. The van der Waals surface area contributed by atoms with Crippen molar-refractivity contribution in [3.63, 3.8) is 0 Å². The molecule has 0 spiro atoms. The van der Waals surface area contributed by atoms with Crippen LogP contribution in [0.5, 0.6) is 0 Å². The molecule has 1 N–H and O–H groups in total. The number of nitrogens with zero attached hydrogens (tertiary/aromatic N) is 1. The third-order valence-corrected chi connectivity index (χ3v) is 2.97. The van der Waals surface area contributed by atoms with Crippen LogP contribution < -0.4 is 5.32 Å². The highest BCUT2D eigenvalue weighted by molar-refractivity contribution is 4.91. The summed E-state index contributed by atoms with van der Waals surface area (Å²) in [6.45, 7) is 1.67. The summed E-state index contributed by atoms with van der Waals surface area (Å²) in [4.78, 5) is 0. The normalized spacial score (nSPS) is 20.2. The Bertz CT molecular complexity index is 253. The van der Waals surface area contributed by atoms with Crippen molar-refractivity contribution in [1.82, 2.24) is 5.32 Å². The Morgan fingerprint density at radius 1 is 1.44 bits per heavy atom. The summed E-state index contributed by atoms with van der Waals surface area (Å²) in [6.07, 6.45) is -0.281. The van der Waals surface area contributed by atoms with E-state index >= 15 is 0 Å². The number of hydrogen-bond donors (Lipinski definition) is 1. The fourth-order valence-electron chi connectivity index (χ4n) is 1.67. The summed E-state index contributed by atoms with van der Waals surface area (Å²) >= 11 is 0. The van der Waals surface area contributed by atoms with Gasteiger partial charge in [-0.15, -0.1) is 0 Å². The number of alkyl halides is 3. The Kier molecular flexibility index (Phi) is 4.60. The summed E-state index contributed by atoms with van der Waals surface area (Å²) < 4.78 is 36.9. The van der Waals surface area contributed by atoms with Gasteiger partial charge in [0.2, 0.25) is 0 Å². The first-order chi connectivity index (χ1) is 7.47. The highest BCUT2D eigenvalue weighted by Crippen LogP contribution is 2.34. The van der Waals surface area contributed by atoms with Crippen LogP contribution in [0.4, 0.5) is 13.2 Å². The van der Waals surface area contributed by atoms with E-state index in [0.717, 1.165) is 12.8 Å². The van der Waals surface area contributed by atoms with Crippen LogP contribution in [0.1, 0.15) is 32.6 Å². The zero-order valence-corrected chi connectivity index (χ0v) is 9.35. The van der Waals surface area contributed by atoms with Crippen molar-refractivity contribution in [2.45, 2.75) is 44.8 Å². The van der Waals surface area contributed by atoms with Crippen LogP contribution in [-0.2, 0) is 0 Å². The molecule has 16 heavy (non-hydrogen) atoms. The minimum absolute atomic E-state index is 0.116. The van der Waals surface area contributed by atoms with Crippen LogP contribution in [-0.4, -0.2) is 18.8 Å². The Hall–Kier alpha value is -0.760. The van der Waals surface area contributed by atoms with Crippen LogP contribution in [0.2, 0.25) is 0 Å². The Morgan fingerprint density at radius 2 is 2.06 bits per heavy atom. The summed E-state index contributed by atoms with van der Waals surface area (Å²) in [5.41, 5.74) is 0. The van der Waals surface area contributed by atoms with Gasteiger partial charge in [-0.3, -0.25) is 0 Å². The van der Waals surface area contributed by atoms with Gasteiger partial charge in [0.05, 0.1) is 6.07 Å². The topological polar surface area (TPSA) is 35.8 Å². The zero-order valence-electron chi connectivity index (χ0n) is 9.35. The SMILES string of the molecule is CCC(CC1CC1)NCC(C#N)C(F)(F)F. The molecule has 0 bridgehead atoms. The number of halogens is 3. The molecule has 1 rings (SSSR count). The van der Waals surface area contributed by atoms with E-state index in [2.05, 4.69) is 5.32 Å². The van der Waals surface area contributed by atoms with Gasteiger partial charge in [-0.2, -0.15) is 18.4 Å². The van der Waals surface area contributed by atoms with Crippen molar-refractivity contribution in [1.29, 1.82) is 5.26 Å². The molecule has 1 fully saturated rings.